The van der Waals surface area contributed by atoms with Gasteiger partial charge in [-0.3, -0.25) is 0 Å². The minimum absolute atomic E-state index is 0.410. The average molecular weight is 313 g/mol. The van der Waals surface area contributed by atoms with Crippen LogP contribution < -0.4 is 0 Å². The van der Waals surface area contributed by atoms with Crippen molar-refractivity contribution in [2.45, 2.75) is 26.7 Å². The van der Waals surface area contributed by atoms with Crippen molar-refractivity contribution in [2.24, 2.45) is 0 Å². The summed E-state index contributed by atoms with van der Waals surface area (Å²) in [6, 6.07) is 13.1. The number of fused-ring (bicyclic) bond motifs is 1. The van der Waals surface area contributed by atoms with Crippen LogP contribution in [-0.2, 0) is 0 Å². The van der Waals surface area contributed by atoms with Crippen molar-refractivity contribution in [2.75, 3.05) is 0 Å². The van der Waals surface area contributed by atoms with E-state index >= 15 is 0 Å². The lowest BCUT2D eigenvalue weighted by atomic mass is 9.85. The highest BCUT2D eigenvalue weighted by molar-refractivity contribution is 9.10. The van der Waals surface area contributed by atoms with Gasteiger partial charge in [-0.15, -0.1) is 0 Å². The largest absolute Gasteiger partial charge is 0.0617 e. The fourth-order valence-corrected chi connectivity index (χ4v) is 3.51. The van der Waals surface area contributed by atoms with Gasteiger partial charge in [-0.2, -0.15) is 0 Å². The van der Waals surface area contributed by atoms with Crippen LogP contribution in [0.2, 0.25) is 0 Å². The Morgan fingerprint density at radius 1 is 0.895 bits per heavy atom. The zero-order valence-corrected chi connectivity index (χ0v) is 13.1. The van der Waals surface area contributed by atoms with Gasteiger partial charge in [0.25, 0.3) is 0 Å². The number of hydrogen-bond acceptors (Lipinski definition) is 0. The number of halogens is 1. The Kier molecular flexibility index (Phi) is 3.10. The van der Waals surface area contributed by atoms with Gasteiger partial charge in [0.2, 0.25) is 0 Å². The molecule has 96 valence electrons. The normalized spacial score (nSPS) is 17.3. The minimum Gasteiger partial charge on any atom is -0.0617 e. The van der Waals surface area contributed by atoms with E-state index < -0.39 is 0 Å². The van der Waals surface area contributed by atoms with Crippen LogP contribution >= 0.6 is 15.9 Å². The van der Waals surface area contributed by atoms with Gasteiger partial charge < -0.3 is 0 Å². The summed E-state index contributed by atoms with van der Waals surface area (Å²) >= 11 is 3.66. The minimum atomic E-state index is 0.410. The van der Waals surface area contributed by atoms with Gasteiger partial charge in [0.15, 0.2) is 0 Å². The van der Waals surface area contributed by atoms with Crippen LogP contribution in [0.15, 0.2) is 46.4 Å². The summed E-state index contributed by atoms with van der Waals surface area (Å²) in [7, 11) is 0. The molecule has 19 heavy (non-hydrogen) atoms. The topological polar surface area (TPSA) is 0 Å². The zero-order valence-electron chi connectivity index (χ0n) is 11.5. The molecular weight excluding hydrogens is 296 g/mol. The maximum absolute atomic E-state index is 3.66. The maximum Gasteiger partial charge on any atom is 0.0308 e. The SMILES string of the molecule is CC1=Cc2c(Br)cccc2C1c1cccc(C)c1C. The Morgan fingerprint density at radius 3 is 2.37 bits per heavy atom. The van der Waals surface area contributed by atoms with Crippen LogP contribution in [0.25, 0.3) is 6.08 Å². The van der Waals surface area contributed by atoms with Gasteiger partial charge in [0, 0.05) is 10.4 Å². The third-order valence-electron chi connectivity index (χ3n) is 4.18. The molecule has 1 aliphatic carbocycles. The van der Waals surface area contributed by atoms with Crippen molar-refractivity contribution in [3.05, 3.63) is 74.3 Å². The summed E-state index contributed by atoms with van der Waals surface area (Å²) in [6.07, 6.45) is 2.31. The van der Waals surface area contributed by atoms with Crippen LogP contribution in [0, 0.1) is 13.8 Å². The summed E-state index contributed by atoms with van der Waals surface area (Å²) in [6.45, 7) is 6.65. The predicted molar refractivity (Wildman–Crippen MR) is 85.6 cm³/mol. The van der Waals surface area contributed by atoms with Gasteiger partial charge in [-0.05, 0) is 54.7 Å². The lowest BCUT2D eigenvalue weighted by molar-refractivity contribution is 0.956. The van der Waals surface area contributed by atoms with Crippen LogP contribution in [0.5, 0.6) is 0 Å². The summed E-state index contributed by atoms with van der Waals surface area (Å²) in [4.78, 5) is 0. The van der Waals surface area contributed by atoms with E-state index in [1.54, 1.807) is 0 Å². The van der Waals surface area contributed by atoms with Crippen LogP contribution in [0.3, 0.4) is 0 Å². The number of rotatable bonds is 1. The first kappa shape index (κ1) is 12.7. The first-order chi connectivity index (χ1) is 9.09. The molecule has 0 radical (unpaired) electrons. The van der Waals surface area contributed by atoms with Crippen molar-refractivity contribution >= 4 is 22.0 Å². The molecular formula is C18H17Br. The van der Waals surface area contributed by atoms with Crippen molar-refractivity contribution in [3.63, 3.8) is 0 Å². The molecule has 0 N–H and O–H groups in total. The Hall–Kier alpha value is -1.34. The standard InChI is InChI=1S/C18H17Br/c1-11-6-4-7-14(13(11)3)18-12(2)10-16-15(18)8-5-9-17(16)19/h4-10,18H,1-3H3. The Bertz CT molecular complexity index is 680. The highest BCUT2D eigenvalue weighted by Gasteiger charge is 2.26. The molecule has 0 heterocycles. The molecule has 0 fully saturated rings. The van der Waals surface area contributed by atoms with Crippen LogP contribution in [0.4, 0.5) is 0 Å². The van der Waals surface area contributed by atoms with Crippen molar-refractivity contribution in [1.82, 2.24) is 0 Å². The second-order valence-corrected chi connectivity index (χ2v) is 6.21. The molecule has 0 saturated heterocycles. The van der Waals surface area contributed by atoms with E-state index in [0.29, 0.717) is 5.92 Å². The van der Waals surface area contributed by atoms with Crippen molar-refractivity contribution in [3.8, 4) is 0 Å². The fraction of sp³-hybridized carbons (Fsp3) is 0.222. The van der Waals surface area contributed by atoms with E-state index in [1.165, 1.54) is 37.9 Å². The van der Waals surface area contributed by atoms with Gasteiger partial charge in [0.1, 0.15) is 0 Å². The molecule has 2 aromatic carbocycles. The molecule has 2 aromatic rings. The fourth-order valence-electron chi connectivity index (χ4n) is 3.01. The predicted octanol–water partition coefficient (Wildman–Crippen LogP) is 5.61. The van der Waals surface area contributed by atoms with Gasteiger partial charge in [-0.1, -0.05) is 57.9 Å². The molecule has 1 aliphatic rings. The molecule has 0 aromatic heterocycles. The Balaban J connectivity index is 2.21. The molecule has 1 heteroatoms. The summed E-state index contributed by atoms with van der Waals surface area (Å²) in [5, 5.41) is 0. The lowest BCUT2D eigenvalue weighted by Gasteiger charge is -2.19. The van der Waals surface area contributed by atoms with E-state index in [0.717, 1.165) is 0 Å². The number of aryl methyl sites for hydroxylation is 1. The first-order valence-corrected chi connectivity index (χ1v) is 7.41. The Morgan fingerprint density at radius 2 is 1.58 bits per heavy atom. The molecule has 0 bridgehead atoms. The summed E-state index contributed by atoms with van der Waals surface area (Å²) in [5.74, 6) is 0.410. The van der Waals surface area contributed by atoms with E-state index in [-0.39, 0.29) is 0 Å². The molecule has 3 rings (SSSR count). The second kappa shape index (κ2) is 4.64. The second-order valence-electron chi connectivity index (χ2n) is 5.35. The number of hydrogen-bond donors (Lipinski definition) is 0. The quantitative estimate of drug-likeness (QED) is 0.641. The molecule has 0 nitrogen and oxygen atoms in total. The highest BCUT2D eigenvalue weighted by atomic mass is 79.9. The van der Waals surface area contributed by atoms with E-state index in [2.05, 4.69) is 79.2 Å². The van der Waals surface area contributed by atoms with Gasteiger partial charge >= 0.3 is 0 Å². The third kappa shape index (κ3) is 1.97. The van der Waals surface area contributed by atoms with Crippen molar-refractivity contribution < 1.29 is 0 Å². The smallest absolute Gasteiger partial charge is 0.0308 e. The van der Waals surface area contributed by atoms with Gasteiger partial charge in [-0.25, -0.2) is 0 Å². The van der Waals surface area contributed by atoms with Gasteiger partial charge in [0.05, 0.1) is 0 Å². The molecule has 1 atom stereocenters. The average Bonchev–Trinajstić information content (AvgIpc) is 2.71. The summed E-state index contributed by atoms with van der Waals surface area (Å²) in [5.41, 5.74) is 8.40. The molecule has 0 spiro atoms. The lowest BCUT2D eigenvalue weighted by Crippen LogP contribution is -2.03. The maximum atomic E-state index is 3.66. The molecule has 0 aliphatic heterocycles. The third-order valence-corrected chi connectivity index (χ3v) is 4.87. The first-order valence-electron chi connectivity index (χ1n) is 6.62. The van der Waals surface area contributed by atoms with Crippen LogP contribution in [0.1, 0.15) is 40.7 Å². The van der Waals surface area contributed by atoms with E-state index in [4.69, 9.17) is 0 Å². The van der Waals surface area contributed by atoms with Crippen molar-refractivity contribution in [1.29, 1.82) is 0 Å². The van der Waals surface area contributed by atoms with E-state index in [9.17, 15) is 0 Å². The monoisotopic (exact) mass is 312 g/mol. The van der Waals surface area contributed by atoms with Crippen LogP contribution in [-0.4, -0.2) is 0 Å². The molecule has 1 unspecified atom stereocenters. The highest BCUT2D eigenvalue weighted by Crippen LogP contribution is 2.44. The number of benzene rings is 2. The van der Waals surface area contributed by atoms with E-state index in [1.807, 2.05) is 0 Å². The number of allylic oxidation sites excluding steroid dienone is 1. The molecule has 0 amide bonds. The summed E-state index contributed by atoms with van der Waals surface area (Å²) < 4.78 is 1.19. The molecule has 0 saturated carbocycles. The zero-order chi connectivity index (χ0) is 13.6. The Labute approximate surface area is 123 Å².